The third kappa shape index (κ3) is 7.97. The number of guanidine groups is 1. The first-order valence-corrected chi connectivity index (χ1v) is 10.5. The molecule has 0 radical (unpaired) electrons. The number of aromatic nitrogens is 2. The SMILES string of the molecule is CN=C(NCCc1nc(C(C)C)no1)NCC(Cc1ccccc1)c1ccccc1.I. The summed E-state index contributed by atoms with van der Waals surface area (Å²) in [5, 5.41) is 10.8. The lowest BCUT2D eigenvalue weighted by molar-refractivity contribution is 0.371. The second kappa shape index (κ2) is 13.1. The van der Waals surface area contributed by atoms with Crippen molar-refractivity contribution in [3.05, 3.63) is 83.5 Å². The van der Waals surface area contributed by atoms with Crippen molar-refractivity contribution in [2.24, 2.45) is 4.99 Å². The molecule has 0 amide bonds. The standard InChI is InChI=1S/C24H31N5O.HI/c1-18(2)23-28-22(30-29-23)14-15-26-24(25-3)27-17-21(20-12-8-5-9-13-20)16-19-10-6-4-7-11-19;/h4-13,18,21H,14-17H2,1-3H3,(H2,25,26,27);1H. The van der Waals surface area contributed by atoms with Crippen LogP contribution in [0.25, 0.3) is 0 Å². The summed E-state index contributed by atoms with van der Waals surface area (Å²) in [6.45, 7) is 5.57. The van der Waals surface area contributed by atoms with E-state index >= 15 is 0 Å². The molecule has 31 heavy (non-hydrogen) atoms. The van der Waals surface area contributed by atoms with Gasteiger partial charge in [-0.25, -0.2) is 0 Å². The van der Waals surface area contributed by atoms with Crippen molar-refractivity contribution >= 4 is 29.9 Å². The van der Waals surface area contributed by atoms with Gasteiger partial charge in [0.1, 0.15) is 0 Å². The Kier molecular flexibility index (Phi) is 10.5. The van der Waals surface area contributed by atoms with Crippen LogP contribution < -0.4 is 10.6 Å². The Morgan fingerprint density at radius 2 is 1.68 bits per heavy atom. The monoisotopic (exact) mass is 533 g/mol. The summed E-state index contributed by atoms with van der Waals surface area (Å²) in [4.78, 5) is 8.77. The average Bonchev–Trinajstić information content (AvgIpc) is 3.26. The van der Waals surface area contributed by atoms with Crippen LogP contribution in [0.3, 0.4) is 0 Å². The van der Waals surface area contributed by atoms with Crippen LogP contribution in [0.2, 0.25) is 0 Å². The Bertz CT molecular complexity index is 912. The summed E-state index contributed by atoms with van der Waals surface area (Å²) >= 11 is 0. The van der Waals surface area contributed by atoms with E-state index in [1.54, 1.807) is 7.05 Å². The van der Waals surface area contributed by atoms with Gasteiger partial charge in [0.05, 0.1) is 0 Å². The highest BCUT2D eigenvalue weighted by Gasteiger charge is 2.14. The zero-order chi connectivity index (χ0) is 21.2. The third-order valence-electron chi connectivity index (χ3n) is 4.97. The predicted molar refractivity (Wildman–Crippen MR) is 136 cm³/mol. The van der Waals surface area contributed by atoms with Crippen molar-refractivity contribution in [2.45, 2.75) is 38.5 Å². The van der Waals surface area contributed by atoms with Crippen LogP contribution in [0.4, 0.5) is 0 Å². The van der Waals surface area contributed by atoms with Crippen LogP contribution in [0, 0.1) is 0 Å². The van der Waals surface area contributed by atoms with Gasteiger partial charge < -0.3 is 15.2 Å². The molecule has 0 aliphatic carbocycles. The van der Waals surface area contributed by atoms with Gasteiger partial charge >= 0.3 is 0 Å². The quantitative estimate of drug-likeness (QED) is 0.240. The number of benzene rings is 2. The maximum Gasteiger partial charge on any atom is 0.228 e. The molecule has 0 fully saturated rings. The lowest BCUT2D eigenvalue weighted by atomic mass is 9.92. The second-order valence-electron chi connectivity index (χ2n) is 7.63. The molecule has 2 N–H and O–H groups in total. The molecule has 1 heterocycles. The lowest BCUT2D eigenvalue weighted by Gasteiger charge is -2.20. The van der Waals surface area contributed by atoms with Gasteiger partial charge in [0.15, 0.2) is 11.8 Å². The Balaban J connectivity index is 0.00000341. The molecule has 6 nitrogen and oxygen atoms in total. The van der Waals surface area contributed by atoms with E-state index in [1.807, 2.05) is 0 Å². The summed E-state index contributed by atoms with van der Waals surface area (Å²) in [5.41, 5.74) is 2.64. The first-order valence-electron chi connectivity index (χ1n) is 10.5. The summed E-state index contributed by atoms with van der Waals surface area (Å²) < 4.78 is 5.30. The Morgan fingerprint density at radius 1 is 1.00 bits per heavy atom. The molecular formula is C24H32IN5O. The first kappa shape index (κ1) is 24.8. The minimum atomic E-state index is 0. The van der Waals surface area contributed by atoms with E-state index in [1.165, 1.54) is 11.1 Å². The van der Waals surface area contributed by atoms with Gasteiger partial charge in [0.25, 0.3) is 0 Å². The Morgan fingerprint density at radius 3 is 2.29 bits per heavy atom. The normalized spacial score (nSPS) is 12.3. The molecule has 3 aromatic rings. The van der Waals surface area contributed by atoms with Crippen molar-refractivity contribution < 1.29 is 4.52 Å². The highest BCUT2D eigenvalue weighted by atomic mass is 127. The van der Waals surface area contributed by atoms with Gasteiger partial charge in [-0.1, -0.05) is 79.7 Å². The Labute approximate surface area is 202 Å². The zero-order valence-corrected chi connectivity index (χ0v) is 20.7. The number of nitrogens with zero attached hydrogens (tertiary/aromatic N) is 3. The number of halogens is 1. The van der Waals surface area contributed by atoms with Crippen LogP contribution in [0.1, 0.15) is 48.5 Å². The molecule has 1 aromatic heterocycles. The molecule has 1 atom stereocenters. The molecule has 2 aromatic carbocycles. The fraction of sp³-hybridized carbons (Fsp3) is 0.375. The van der Waals surface area contributed by atoms with Crippen molar-refractivity contribution in [1.29, 1.82) is 0 Å². The van der Waals surface area contributed by atoms with Gasteiger partial charge in [-0.3, -0.25) is 4.99 Å². The van der Waals surface area contributed by atoms with Crippen LogP contribution in [-0.4, -0.2) is 36.2 Å². The smallest absolute Gasteiger partial charge is 0.228 e. The minimum absolute atomic E-state index is 0. The van der Waals surface area contributed by atoms with Gasteiger partial charge in [-0.05, 0) is 17.5 Å². The van der Waals surface area contributed by atoms with E-state index < -0.39 is 0 Å². The highest BCUT2D eigenvalue weighted by Crippen LogP contribution is 2.20. The number of nitrogens with one attached hydrogen (secondary N) is 2. The van der Waals surface area contributed by atoms with Crippen molar-refractivity contribution in [3.8, 4) is 0 Å². The van der Waals surface area contributed by atoms with E-state index in [0.717, 1.165) is 24.7 Å². The van der Waals surface area contributed by atoms with Gasteiger partial charge in [-0.2, -0.15) is 4.98 Å². The second-order valence-corrected chi connectivity index (χ2v) is 7.63. The van der Waals surface area contributed by atoms with E-state index in [-0.39, 0.29) is 29.9 Å². The number of rotatable bonds is 9. The van der Waals surface area contributed by atoms with Crippen LogP contribution in [-0.2, 0) is 12.8 Å². The summed E-state index contributed by atoms with van der Waals surface area (Å²) in [5.74, 6) is 2.78. The van der Waals surface area contributed by atoms with Crippen molar-refractivity contribution in [2.75, 3.05) is 20.1 Å². The summed E-state index contributed by atoms with van der Waals surface area (Å²) in [7, 11) is 1.79. The van der Waals surface area contributed by atoms with Crippen LogP contribution >= 0.6 is 24.0 Å². The maximum absolute atomic E-state index is 5.30. The summed E-state index contributed by atoms with van der Waals surface area (Å²) in [6.07, 6.45) is 1.63. The van der Waals surface area contributed by atoms with Gasteiger partial charge in [0.2, 0.25) is 5.89 Å². The van der Waals surface area contributed by atoms with E-state index in [4.69, 9.17) is 4.52 Å². The van der Waals surface area contributed by atoms with E-state index in [0.29, 0.717) is 24.8 Å². The molecule has 7 heteroatoms. The average molecular weight is 533 g/mol. The van der Waals surface area contributed by atoms with Crippen LogP contribution in [0.15, 0.2) is 70.2 Å². The third-order valence-corrected chi connectivity index (χ3v) is 4.97. The number of hydrogen-bond donors (Lipinski definition) is 2. The molecule has 166 valence electrons. The molecule has 1 unspecified atom stereocenters. The maximum atomic E-state index is 5.30. The number of aliphatic imine (C=N–C) groups is 1. The zero-order valence-electron chi connectivity index (χ0n) is 18.4. The van der Waals surface area contributed by atoms with E-state index in [2.05, 4.69) is 100 Å². The Hall–Kier alpha value is -2.42. The minimum Gasteiger partial charge on any atom is -0.356 e. The van der Waals surface area contributed by atoms with Gasteiger partial charge in [0, 0.05) is 38.4 Å². The molecule has 3 rings (SSSR count). The molecule has 0 saturated heterocycles. The van der Waals surface area contributed by atoms with Gasteiger partial charge in [-0.15, -0.1) is 24.0 Å². The fourth-order valence-electron chi connectivity index (χ4n) is 3.26. The van der Waals surface area contributed by atoms with Crippen LogP contribution in [0.5, 0.6) is 0 Å². The van der Waals surface area contributed by atoms with Crippen molar-refractivity contribution in [1.82, 2.24) is 20.8 Å². The summed E-state index contributed by atoms with van der Waals surface area (Å²) in [6, 6.07) is 21.2. The molecule has 0 saturated carbocycles. The predicted octanol–water partition coefficient (Wildman–Crippen LogP) is 4.55. The van der Waals surface area contributed by atoms with Crippen molar-refractivity contribution in [3.63, 3.8) is 0 Å². The number of hydrogen-bond acceptors (Lipinski definition) is 4. The molecular weight excluding hydrogens is 501 g/mol. The lowest BCUT2D eigenvalue weighted by Crippen LogP contribution is -2.40. The largest absolute Gasteiger partial charge is 0.356 e. The van der Waals surface area contributed by atoms with E-state index in [9.17, 15) is 0 Å². The molecule has 0 spiro atoms. The molecule has 0 aliphatic rings. The highest BCUT2D eigenvalue weighted by molar-refractivity contribution is 14.0. The first-order chi connectivity index (χ1) is 14.7. The fourth-order valence-corrected chi connectivity index (χ4v) is 3.26. The molecule has 0 aliphatic heterocycles. The topological polar surface area (TPSA) is 75.3 Å². The molecule has 0 bridgehead atoms.